The Bertz CT molecular complexity index is 141. The van der Waals surface area contributed by atoms with Crippen LogP contribution in [0.25, 0.3) is 0 Å². The van der Waals surface area contributed by atoms with Gasteiger partial charge < -0.3 is 15.5 Å². The van der Waals surface area contributed by atoms with Gasteiger partial charge in [-0.2, -0.15) is 0 Å². The van der Waals surface area contributed by atoms with Crippen molar-refractivity contribution in [2.24, 2.45) is 11.7 Å². The molecule has 1 heterocycles. The third-order valence-corrected chi connectivity index (χ3v) is 3.26. The van der Waals surface area contributed by atoms with Crippen molar-refractivity contribution in [1.82, 2.24) is 9.80 Å². The summed E-state index contributed by atoms with van der Waals surface area (Å²) in [6.07, 6.45) is 2.70. The van der Waals surface area contributed by atoms with Crippen LogP contribution in [0.5, 0.6) is 0 Å². The lowest BCUT2D eigenvalue weighted by Gasteiger charge is -2.33. The van der Waals surface area contributed by atoms with Gasteiger partial charge in [0, 0.05) is 19.6 Å². The van der Waals surface area contributed by atoms with Crippen LogP contribution in [-0.2, 0) is 0 Å². The van der Waals surface area contributed by atoms with Crippen LogP contribution in [0.2, 0.25) is 0 Å². The van der Waals surface area contributed by atoms with Crippen LogP contribution in [0.4, 0.5) is 0 Å². The zero-order chi connectivity index (χ0) is 10.4. The average Bonchev–Trinajstić information content (AvgIpc) is 2.21. The van der Waals surface area contributed by atoms with Crippen LogP contribution >= 0.6 is 0 Å². The Morgan fingerprint density at radius 3 is 2.50 bits per heavy atom. The molecule has 0 spiro atoms. The van der Waals surface area contributed by atoms with Crippen molar-refractivity contribution in [3.05, 3.63) is 0 Å². The van der Waals surface area contributed by atoms with E-state index in [1.54, 1.807) is 0 Å². The Hall–Kier alpha value is -0.120. The Kier molecular flexibility index (Phi) is 5.45. The second-order valence-electron chi connectivity index (χ2n) is 4.43. The molecule has 0 saturated carbocycles. The standard InChI is InChI=1S/C11H25N3/c1-3-13(2)10-11-4-7-14(8-5-11)9-6-12/h11H,3-10,12H2,1-2H3. The molecule has 0 radical (unpaired) electrons. The molecule has 0 aliphatic carbocycles. The van der Waals surface area contributed by atoms with E-state index in [2.05, 4.69) is 23.8 Å². The zero-order valence-electron chi connectivity index (χ0n) is 9.71. The van der Waals surface area contributed by atoms with Gasteiger partial charge in [0.05, 0.1) is 0 Å². The molecule has 0 atom stereocenters. The Morgan fingerprint density at radius 1 is 1.36 bits per heavy atom. The number of nitrogens with zero attached hydrogens (tertiary/aromatic N) is 2. The summed E-state index contributed by atoms with van der Waals surface area (Å²) in [5.74, 6) is 0.911. The number of nitrogens with two attached hydrogens (primary N) is 1. The minimum absolute atomic E-state index is 0.805. The van der Waals surface area contributed by atoms with Crippen molar-refractivity contribution in [1.29, 1.82) is 0 Å². The van der Waals surface area contributed by atoms with E-state index in [9.17, 15) is 0 Å². The number of hydrogen-bond donors (Lipinski definition) is 1. The molecule has 14 heavy (non-hydrogen) atoms. The molecular weight excluding hydrogens is 174 g/mol. The second kappa shape index (κ2) is 6.38. The number of hydrogen-bond acceptors (Lipinski definition) is 3. The summed E-state index contributed by atoms with van der Waals surface area (Å²) >= 11 is 0. The summed E-state index contributed by atoms with van der Waals surface area (Å²) in [6.45, 7) is 9.05. The van der Waals surface area contributed by atoms with Gasteiger partial charge in [0.25, 0.3) is 0 Å². The van der Waals surface area contributed by atoms with E-state index in [0.717, 1.165) is 19.0 Å². The summed E-state index contributed by atoms with van der Waals surface area (Å²) in [5.41, 5.74) is 5.55. The smallest absolute Gasteiger partial charge is 0.0105 e. The fourth-order valence-electron chi connectivity index (χ4n) is 2.15. The lowest BCUT2D eigenvalue weighted by atomic mass is 9.96. The molecule has 84 valence electrons. The lowest BCUT2D eigenvalue weighted by Crippen LogP contribution is -2.39. The van der Waals surface area contributed by atoms with E-state index in [-0.39, 0.29) is 0 Å². The van der Waals surface area contributed by atoms with Crippen molar-refractivity contribution in [2.75, 3.05) is 46.3 Å². The van der Waals surface area contributed by atoms with E-state index < -0.39 is 0 Å². The molecular formula is C11H25N3. The number of piperidine rings is 1. The SMILES string of the molecule is CCN(C)CC1CCN(CCN)CC1. The van der Waals surface area contributed by atoms with Crippen molar-refractivity contribution in [3.63, 3.8) is 0 Å². The molecule has 0 aromatic carbocycles. The zero-order valence-corrected chi connectivity index (χ0v) is 9.71. The maximum absolute atomic E-state index is 5.55. The highest BCUT2D eigenvalue weighted by Gasteiger charge is 2.19. The van der Waals surface area contributed by atoms with Crippen LogP contribution < -0.4 is 5.73 Å². The van der Waals surface area contributed by atoms with Gasteiger partial charge in [-0.1, -0.05) is 6.92 Å². The average molecular weight is 199 g/mol. The Morgan fingerprint density at radius 2 is 2.00 bits per heavy atom. The second-order valence-corrected chi connectivity index (χ2v) is 4.43. The third kappa shape index (κ3) is 3.95. The first kappa shape index (κ1) is 12.0. The first-order valence-corrected chi connectivity index (χ1v) is 5.87. The van der Waals surface area contributed by atoms with E-state index in [0.29, 0.717) is 0 Å². The van der Waals surface area contributed by atoms with Crippen molar-refractivity contribution in [2.45, 2.75) is 19.8 Å². The molecule has 0 unspecified atom stereocenters. The quantitative estimate of drug-likeness (QED) is 0.704. The van der Waals surface area contributed by atoms with Gasteiger partial charge in [0.1, 0.15) is 0 Å². The van der Waals surface area contributed by atoms with Gasteiger partial charge in [0.2, 0.25) is 0 Å². The molecule has 1 aliphatic rings. The van der Waals surface area contributed by atoms with Crippen molar-refractivity contribution < 1.29 is 0 Å². The van der Waals surface area contributed by atoms with Gasteiger partial charge in [-0.15, -0.1) is 0 Å². The van der Waals surface area contributed by atoms with E-state index >= 15 is 0 Å². The van der Waals surface area contributed by atoms with Crippen LogP contribution in [0.1, 0.15) is 19.8 Å². The van der Waals surface area contributed by atoms with Crippen LogP contribution in [0.15, 0.2) is 0 Å². The molecule has 0 bridgehead atoms. The molecule has 1 saturated heterocycles. The largest absolute Gasteiger partial charge is 0.329 e. The fourth-order valence-corrected chi connectivity index (χ4v) is 2.15. The summed E-state index contributed by atoms with van der Waals surface area (Å²) in [6, 6.07) is 0. The first-order valence-electron chi connectivity index (χ1n) is 5.87. The maximum atomic E-state index is 5.55. The van der Waals surface area contributed by atoms with Crippen molar-refractivity contribution in [3.8, 4) is 0 Å². The highest BCUT2D eigenvalue weighted by molar-refractivity contribution is 4.74. The van der Waals surface area contributed by atoms with E-state index in [1.807, 2.05) is 0 Å². The summed E-state index contributed by atoms with van der Waals surface area (Å²) in [5, 5.41) is 0. The highest BCUT2D eigenvalue weighted by atomic mass is 15.1. The molecule has 1 aliphatic heterocycles. The minimum atomic E-state index is 0.805. The molecule has 2 N–H and O–H groups in total. The van der Waals surface area contributed by atoms with E-state index in [4.69, 9.17) is 5.73 Å². The minimum Gasteiger partial charge on any atom is -0.329 e. The molecule has 3 heteroatoms. The third-order valence-electron chi connectivity index (χ3n) is 3.26. The fraction of sp³-hybridized carbons (Fsp3) is 1.00. The van der Waals surface area contributed by atoms with Gasteiger partial charge >= 0.3 is 0 Å². The molecule has 0 aromatic heterocycles. The van der Waals surface area contributed by atoms with Crippen LogP contribution in [0, 0.1) is 5.92 Å². The van der Waals surface area contributed by atoms with Crippen molar-refractivity contribution >= 4 is 0 Å². The van der Waals surface area contributed by atoms with Gasteiger partial charge in [-0.05, 0) is 45.4 Å². The predicted molar refractivity (Wildman–Crippen MR) is 61.4 cm³/mol. The first-order chi connectivity index (χ1) is 6.76. The van der Waals surface area contributed by atoms with Crippen LogP contribution in [0.3, 0.4) is 0 Å². The number of rotatable bonds is 5. The predicted octanol–water partition coefficient (Wildman–Crippen LogP) is 0.609. The molecule has 3 nitrogen and oxygen atoms in total. The van der Waals surface area contributed by atoms with E-state index in [1.165, 1.54) is 39.0 Å². The van der Waals surface area contributed by atoms with Gasteiger partial charge in [0.15, 0.2) is 0 Å². The molecule has 0 aromatic rings. The summed E-state index contributed by atoms with van der Waals surface area (Å²) in [7, 11) is 2.21. The lowest BCUT2D eigenvalue weighted by molar-refractivity contribution is 0.159. The van der Waals surface area contributed by atoms with Gasteiger partial charge in [-0.25, -0.2) is 0 Å². The molecule has 1 rings (SSSR count). The monoisotopic (exact) mass is 199 g/mol. The Balaban J connectivity index is 2.15. The summed E-state index contributed by atoms with van der Waals surface area (Å²) < 4.78 is 0. The van der Waals surface area contributed by atoms with Crippen LogP contribution in [-0.4, -0.2) is 56.1 Å². The molecule has 1 fully saturated rings. The number of likely N-dealkylation sites (tertiary alicyclic amines) is 1. The summed E-state index contributed by atoms with van der Waals surface area (Å²) in [4.78, 5) is 4.91. The Labute approximate surface area is 88.2 Å². The normalized spacial score (nSPS) is 20.6. The van der Waals surface area contributed by atoms with Gasteiger partial charge in [-0.3, -0.25) is 0 Å². The highest BCUT2D eigenvalue weighted by Crippen LogP contribution is 2.17. The topological polar surface area (TPSA) is 32.5 Å². The molecule has 0 amide bonds. The maximum Gasteiger partial charge on any atom is 0.0105 e.